The van der Waals surface area contributed by atoms with E-state index in [1.807, 2.05) is 0 Å². The summed E-state index contributed by atoms with van der Waals surface area (Å²) in [6, 6.07) is 6.82. The highest BCUT2D eigenvalue weighted by Gasteiger charge is 2.34. The molecule has 0 aliphatic carbocycles. The summed E-state index contributed by atoms with van der Waals surface area (Å²) in [5, 5.41) is 2.27. The molecule has 1 fully saturated rings. The van der Waals surface area contributed by atoms with Crippen molar-refractivity contribution in [1.82, 2.24) is 10.2 Å². The largest absolute Gasteiger partial charge is 0.472 e. The second kappa shape index (κ2) is 7.20. The number of nitrogens with zero attached hydrogens (tertiary/aromatic N) is 1. The van der Waals surface area contributed by atoms with Crippen LogP contribution in [-0.4, -0.2) is 41.8 Å². The molecule has 4 rings (SSSR count). The van der Waals surface area contributed by atoms with Gasteiger partial charge in [-0.3, -0.25) is 19.3 Å². The van der Waals surface area contributed by atoms with Crippen LogP contribution in [0.5, 0.6) is 11.5 Å². The summed E-state index contributed by atoms with van der Waals surface area (Å²) in [6.07, 6.45) is 4.35. The van der Waals surface area contributed by atoms with Crippen LogP contribution >= 0.6 is 11.8 Å². The molecule has 0 spiro atoms. The van der Waals surface area contributed by atoms with E-state index < -0.39 is 0 Å². The van der Waals surface area contributed by atoms with Gasteiger partial charge in [0.25, 0.3) is 17.1 Å². The third-order valence-corrected chi connectivity index (χ3v) is 4.88. The van der Waals surface area contributed by atoms with E-state index in [4.69, 9.17) is 13.9 Å². The number of fused-ring (bicyclic) bond motifs is 1. The van der Waals surface area contributed by atoms with E-state index in [9.17, 15) is 14.4 Å². The molecular formula is C18H14N2O6S. The summed E-state index contributed by atoms with van der Waals surface area (Å²) in [5.74, 6) is 0.533. The average Bonchev–Trinajstić information content (AvgIpc) is 3.38. The third kappa shape index (κ3) is 3.54. The Morgan fingerprint density at radius 2 is 2.07 bits per heavy atom. The fourth-order valence-electron chi connectivity index (χ4n) is 2.62. The van der Waals surface area contributed by atoms with Gasteiger partial charge in [0, 0.05) is 13.1 Å². The normalized spacial score (nSPS) is 17.0. The van der Waals surface area contributed by atoms with Crippen molar-refractivity contribution in [2.75, 3.05) is 19.9 Å². The topological polar surface area (TPSA) is 98.1 Å². The minimum absolute atomic E-state index is 0.0900. The molecule has 2 aliphatic rings. The Hall–Kier alpha value is -3.20. The highest BCUT2D eigenvalue weighted by atomic mass is 32.2. The van der Waals surface area contributed by atoms with Crippen molar-refractivity contribution in [3.05, 3.63) is 52.8 Å². The molecular weight excluding hydrogens is 372 g/mol. The van der Waals surface area contributed by atoms with Gasteiger partial charge in [0.05, 0.1) is 16.7 Å². The Kier molecular flexibility index (Phi) is 4.59. The van der Waals surface area contributed by atoms with Crippen LogP contribution in [0.2, 0.25) is 0 Å². The Labute approximate surface area is 158 Å². The van der Waals surface area contributed by atoms with Crippen molar-refractivity contribution in [3.8, 4) is 11.5 Å². The molecule has 3 heterocycles. The Balaban J connectivity index is 1.39. The van der Waals surface area contributed by atoms with Crippen molar-refractivity contribution < 1.29 is 28.3 Å². The Bertz CT molecular complexity index is 937. The van der Waals surface area contributed by atoms with E-state index in [1.165, 1.54) is 18.6 Å². The van der Waals surface area contributed by atoms with Crippen LogP contribution in [0.15, 0.2) is 46.1 Å². The van der Waals surface area contributed by atoms with Gasteiger partial charge in [0.2, 0.25) is 6.79 Å². The van der Waals surface area contributed by atoms with Gasteiger partial charge in [-0.1, -0.05) is 6.07 Å². The van der Waals surface area contributed by atoms with Crippen molar-refractivity contribution in [2.45, 2.75) is 0 Å². The molecule has 1 saturated heterocycles. The Morgan fingerprint density at radius 1 is 1.22 bits per heavy atom. The van der Waals surface area contributed by atoms with E-state index in [1.54, 1.807) is 24.3 Å². The van der Waals surface area contributed by atoms with Gasteiger partial charge in [-0.25, -0.2) is 0 Å². The van der Waals surface area contributed by atoms with Crippen LogP contribution in [0.1, 0.15) is 15.9 Å². The van der Waals surface area contributed by atoms with E-state index in [2.05, 4.69) is 5.32 Å². The lowest BCUT2D eigenvalue weighted by molar-refractivity contribution is -0.122. The fourth-order valence-corrected chi connectivity index (χ4v) is 3.49. The zero-order chi connectivity index (χ0) is 18.8. The number of nitrogens with one attached hydrogen (secondary N) is 1. The van der Waals surface area contributed by atoms with Crippen molar-refractivity contribution in [3.63, 3.8) is 0 Å². The SMILES string of the molecule is O=C(NCCN1C(=O)S/C(=C\c2ccc3c(c2)OCO3)C1=O)c1ccoc1. The van der Waals surface area contributed by atoms with E-state index in [0.29, 0.717) is 22.0 Å². The van der Waals surface area contributed by atoms with Gasteiger partial charge < -0.3 is 19.2 Å². The number of rotatable bonds is 5. The van der Waals surface area contributed by atoms with Crippen LogP contribution in [0, 0.1) is 0 Å². The molecule has 2 aromatic rings. The highest BCUT2D eigenvalue weighted by Crippen LogP contribution is 2.36. The number of carbonyl (C=O) groups is 3. The van der Waals surface area contributed by atoms with Crippen molar-refractivity contribution in [1.29, 1.82) is 0 Å². The van der Waals surface area contributed by atoms with Crippen molar-refractivity contribution in [2.24, 2.45) is 0 Å². The summed E-state index contributed by atoms with van der Waals surface area (Å²) >= 11 is 0.865. The predicted octanol–water partition coefficient (Wildman–Crippen LogP) is 2.47. The zero-order valence-electron chi connectivity index (χ0n) is 14.0. The maximum atomic E-state index is 12.5. The summed E-state index contributed by atoms with van der Waals surface area (Å²) in [5.41, 5.74) is 1.12. The maximum absolute atomic E-state index is 12.5. The first-order valence-corrected chi connectivity index (χ1v) is 8.89. The number of furan rings is 1. The first-order chi connectivity index (χ1) is 13.1. The summed E-state index contributed by atoms with van der Waals surface area (Å²) < 4.78 is 15.4. The third-order valence-electron chi connectivity index (χ3n) is 3.97. The van der Waals surface area contributed by atoms with E-state index >= 15 is 0 Å². The molecule has 0 unspecified atom stereocenters. The quantitative estimate of drug-likeness (QED) is 0.788. The van der Waals surface area contributed by atoms with Crippen LogP contribution in [0.25, 0.3) is 6.08 Å². The number of hydrogen-bond donors (Lipinski definition) is 1. The lowest BCUT2D eigenvalue weighted by Crippen LogP contribution is -2.37. The van der Waals surface area contributed by atoms with Crippen LogP contribution in [0.3, 0.4) is 0 Å². The van der Waals surface area contributed by atoms with E-state index in [-0.39, 0.29) is 36.9 Å². The summed E-state index contributed by atoms with van der Waals surface area (Å²) in [7, 11) is 0. The lowest BCUT2D eigenvalue weighted by Gasteiger charge is -2.12. The van der Waals surface area contributed by atoms with Crippen molar-refractivity contribution >= 4 is 34.9 Å². The molecule has 27 heavy (non-hydrogen) atoms. The maximum Gasteiger partial charge on any atom is 0.293 e. The van der Waals surface area contributed by atoms with Gasteiger partial charge in [0.15, 0.2) is 11.5 Å². The van der Waals surface area contributed by atoms with E-state index in [0.717, 1.165) is 22.2 Å². The van der Waals surface area contributed by atoms with Gasteiger partial charge >= 0.3 is 0 Å². The summed E-state index contributed by atoms with van der Waals surface area (Å²) in [6.45, 7) is 0.409. The molecule has 0 saturated carbocycles. The number of imide groups is 1. The van der Waals surface area contributed by atoms with Gasteiger partial charge in [-0.15, -0.1) is 0 Å². The number of ether oxygens (including phenoxy) is 2. The molecule has 2 aliphatic heterocycles. The van der Waals surface area contributed by atoms with Gasteiger partial charge in [-0.2, -0.15) is 0 Å². The second-order valence-corrected chi connectivity index (χ2v) is 6.71. The average molecular weight is 386 g/mol. The molecule has 1 N–H and O–H groups in total. The molecule has 3 amide bonds. The molecule has 9 heteroatoms. The van der Waals surface area contributed by atoms with Gasteiger partial charge in [0.1, 0.15) is 6.26 Å². The van der Waals surface area contributed by atoms with Crippen LogP contribution in [0.4, 0.5) is 4.79 Å². The van der Waals surface area contributed by atoms with Gasteiger partial charge in [-0.05, 0) is 41.6 Å². The molecule has 0 atom stereocenters. The molecule has 0 radical (unpaired) electrons. The molecule has 1 aromatic heterocycles. The fraction of sp³-hybridized carbons (Fsp3) is 0.167. The minimum atomic E-state index is -0.389. The number of carbonyl (C=O) groups excluding carboxylic acids is 3. The Morgan fingerprint density at radius 3 is 2.89 bits per heavy atom. The molecule has 8 nitrogen and oxygen atoms in total. The first-order valence-electron chi connectivity index (χ1n) is 8.07. The highest BCUT2D eigenvalue weighted by molar-refractivity contribution is 8.18. The smallest absolute Gasteiger partial charge is 0.293 e. The van der Waals surface area contributed by atoms with Crippen LogP contribution in [-0.2, 0) is 4.79 Å². The summed E-state index contributed by atoms with van der Waals surface area (Å²) in [4.78, 5) is 37.9. The number of hydrogen-bond acceptors (Lipinski definition) is 7. The monoisotopic (exact) mass is 386 g/mol. The molecule has 138 valence electrons. The second-order valence-electron chi connectivity index (χ2n) is 5.71. The number of benzene rings is 1. The standard InChI is InChI=1S/C18H14N2O6S/c21-16(12-3-6-24-9-12)19-4-5-20-17(22)15(27-18(20)23)8-11-1-2-13-14(7-11)26-10-25-13/h1-3,6-9H,4-5,10H2,(H,19,21)/b15-8-. The molecule has 1 aromatic carbocycles. The number of thioether (sulfide) groups is 1. The molecule has 0 bridgehead atoms. The first kappa shape index (κ1) is 17.2. The lowest BCUT2D eigenvalue weighted by atomic mass is 10.2. The number of amides is 3. The van der Waals surface area contributed by atoms with Crippen LogP contribution < -0.4 is 14.8 Å². The zero-order valence-corrected chi connectivity index (χ0v) is 14.8. The predicted molar refractivity (Wildman–Crippen MR) is 96.3 cm³/mol. The minimum Gasteiger partial charge on any atom is -0.472 e.